The Kier molecular flexibility index (Phi) is 6.39. The number of thioether (sulfide) groups is 1. The van der Waals surface area contributed by atoms with Crippen molar-refractivity contribution in [2.75, 3.05) is 5.32 Å². The number of nitriles is 1. The molecule has 0 saturated heterocycles. The minimum Gasteiger partial charge on any atom is -0.339 e. The van der Waals surface area contributed by atoms with E-state index >= 15 is 0 Å². The first-order valence-corrected chi connectivity index (χ1v) is 13.1. The molecule has 34 heavy (non-hydrogen) atoms. The van der Waals surface area contributed by atoms with Gasteiger partial charge in [-0.1, -0.05) is 16.9 Å². The van der Waals surface area contributed by atoms with Crippen molar-refractivity contribution in [1.82, 2.24) is 20.1 Å². The number of carbonyl (C=O) groups excluding carboxylic acids is 1. The Labute approximate surface area is 205 Å². The van der Waals surface area contributed by atoms with E-state index in [0.717, 1.165) is 47.4 Å². The average molecular weight is 493 g/mol. The first kappa shape index (κ1) is 22.6. The second-order valence-electron chi connectivity index (χ2n) is 8.46. The monoisotopic (exact) mass is 492 g/mol. The SMILES string of the molecule is Cc1cc2nc(SCc3noc(CCC(=O)Nc4sc5c(c4C#N)CCCC5)n3)[nH]c2cc1C. The summed E-state index contributed by atoms with van der Waals surface area (Å²) in [5, 5.41) is 18.0. The van der Waals surface area contributed by atoms with Crippen molar-refractivity contribution in [3.8, 4) is 6.07 Å². The number of aromatic nitrogens is 4. The number of aromatic amines is 1. The van der Waals surface area contributed by atoms with Crippen LogP contribution < -0.4 is 5.32 Å². The molecule has 0 saturated carbocycles. The molecular weight excluding hydrogens is 468 g/mol. The molecule has 4 aromatic rings. The highest BCUT2D eigenvalue weighted by molar-refractivity contribution is 7.98. The van der Waals surface area contributed by atoms with Gasteiger partial charge in [-0.2, -0.15) is 10.2 Å². The van der Waals surface area contributed by atoms with Crippen molar-refractivity contribution in [2.45, 2.75) is 63.3 Å². The number of hydrogen-bond donors (Lipinski definition) is 2. The van der Waals surface area contributed by atoms with Gasteiger partial charge in [0.15, 0.2) is 11.0 Å². The van der Waals surface area contributed by atoms with Gasteiger partial charge in [0.2, 0.25) is 11.8 Å². The average Bonchev–Trinajstić information content (AvgIpc) is 3.53. The lowest BCUT2D eigenvalue weighted by Crippen LogP contribution is -2.12. The third kappa shape index (κ3) is 4.72. The van der Waals surface area contributed by atoms with Crippen LogP contribution in [0.1, 0.15) is 58.1 Å². The maximum Gasteiger partial charge on any atom is 0.227 e. The van der Waals surface area contributed by atoms with E-state index in [2.05, 4.69) is 57.5 Å². The largest absolute Gasteiger partial charge is 0.339 e. The number of imidazole rings is 1. The number of rotatable bonds is 7. The van der Waals surface area contributed by atoms with Crippen LogP contribution in [0.15, 0.2) is 21.8 Å². The van der Waals surface area contributed by atoms with Gasteiger partial charge in [-0.3, -0.25) is 4.79 Å². The van der Waals surface area contributed by atoms with Gasteiger partial charge in [-0.05, 0) is 68.4 Å². The molecule has 1 aliphatic carbocycles. The summed E-state index contributed by atoms with van der Waals surface area (Å²) in [5.41, 5.74) is 6.13. The molecule has 8 nitrogen and oxygen atoms in total. The number of carbonyl (C=O) groups is 1. The lowest BCUT2D eigenvalue weighted by molar-refractivity contribution is -0.116. The normalized spacial score (nSPS) is 13.1. The lowest BCUT2D eigenvalue weighted by Gasteiger charge is -2.09. The fourth-order valence-corrected chi connectivity index (χ4v) is 6.06. The fourth-order valence-electron chi connectivity index (χ4n) is 4.08. The van der Waals surface area contributed by atoms with Crippen LogP contribution in [0.3, 0.4) is 0 Å². The quantitative estimate of drug-likeness (QED) is 0.339. The molecule has 0 aliphatic heterocycles. The number of amides is 1. The molecule has 2 N–H and O–H groups in total. The predicted octanol–water partition coefficient (Wildman–Crippen LogP) is 5.24. The van der Waals surface area contributed by atoms with E-state index in [-0.39, 0.29) is 12.3 Å². The first-order chi connectivity index (χ1) is 16.5. The molecule has 174 valence electrons. The molecule has 0 fully saturated rings. The Morgan fingerprint density at radius 1 is 1.26 bits per heavy atom. The fraction of sp³-hybridized carbons (Fsp3) is 0.375. The van der Waals surface area contributed by atoms with Gasteiger partial charge >= 0.3 is 0 Å². The molecule has 0 atom stereocenters. The smallest absolute Gasteiger partial charge is 0.227 e. The molecule has 3 heterocycles. The van der Waals surface area contributed by atoms with Crippen molar-refractivity contribution in [3.63, 3.8) is 0 Å². The number of anilines is 1. The number of benzene rings is 1. The number of hydrogen-bond acceptors (Lipinski definition) is 8. The van der Waals surface area contributed by atoms with Crippen molar-refractivity contribution in [3.05, 3.63) is 51.0 Å². The first-order valence-electron chi connectivity index (χ1n) is 11.3. The van der Waals surface area contributed by atoms with Crippen LogP contribution in [0.5, 0.6) is 0 Å². The zero-order valence-electron chi connectivity index (χ0n) is 19.0. The van der Waals surface area contributed by atoms with Crippen LogP contribution in [-0.2, 0) is 29.8 Å². The van der Waals surface area contributed by atoms with Gasteiger partial charge in [0, 0.05) is 17.7 Å². The number of aryl methyl sites for hydroxylation is 4. The molecule has 3 aromatic heterocycles. The van der Waals surface area contributed by atoms with Gasteiger partial charge < -0.3 is 14.8 Å². The van der Waals surface area contributed by atoms with E-state index < -0.39 is 0 Å². The predicted molar refractivity (Wildman–Crippen MR) is 132 cm³/mol. The van der Waals surface area contributed by atoms with Gasteiger partial charge in [0.1, 0.15) is 11.1 Å². The Bertz CT molecular complexity index is 1370. The van der Waals surface area contributed by atoms with E-state index in [9.17, 15) is 10.1 Å². The third-order valence-electron chi connectivity index (χ3n) is 6.03. The van der Waals surface area contributed by atoms with E-state index in [0.29, 0.717) is 34.5 Å². The highest BCUT2D eigenvalue weighted by Crippen LogP contribution is 2.37. The van der Waals surface area contributed by atoms with Crippen molar-refractivity contribution in [1.29, 1.82) is 5.26 Å². The Morgan fingerprint density at radius 2 is 2.09 bits per heavy atom. The minimum atomic E-state index is -0.155. The van der Waals surface area contributed by atoms with Crippen molar-refractivity contribution in [2.24, 2.45) is 0 Å². The zero-order valence-corrected chi connectivity index (χ0v) is 20.7. The third-order valence-corrected chi connectivity index (χ3v) is 8.10. The summed E-state index contributed by atoms with van der Waals surface area (Å²) in [5.74, 6) is 1.34. The standard InChI is InChI=1S/C24H24N6O2S2/c1-13-9-17-18(10-14(13)2)27-24(26-17)33-12-20-28-22(32-30-20)8-7-21(31)29-23-16(11-25)15-5-3-4-6-19(15)34-23/h9-10H,3-8,12H2,1-2H3,(H,26,27)(H,29,31). The number of thiophene rings is 1. The summed E-state index contributed by atoms with van der Waals surface area (Å²) >= 11 is 3.04. The van der Waals surface area contributed by atoms with Crippen LogP contribution in [0.4, 0.5) is 5.00 Å². The molecular formula is C24H24N6O2S2. The van der Waals surface area contributed by atoms with Gasteiger partial charge in [-0.15, -0.1) is 11.3 Å². The van der Waals surface area contributed by atoms with Crippen LogP contribution in [-0.4, -0.2) is 26.0 Å². The minimum absolute atomic E-state index is 0.155. The summed E-state index contributed by atoms with van der Waals surface area (Å²) in [6.45, 7) is 4.16. The maximum absolute atomic E-state index is 12.5. The molecule has 0 unspecified atom stereocenters. The van der Waals surface area contributed by atoms with E-state index in [4.69, 9.17) is 4.52 Å². The van der Waals surface area contributed by atoms with Gasteiger partial charge in [0.05, 0.1) is 22.3 Å². The number of nitrogens with one attached hydrogen (secondary N) is 2. The second-order valence-corrected chi connectivity index (χ2v) is 10.5. The maximum atomic E-state index is 12.5. The molecule has 0 spiro atoms. The number of nitrogens with zero attached hydrogens (tertiary/aromatic N) is 4. The van der Waals surface area contributed by atoms with E-state index in [1.165, 1.54) is 39.1 Å². The second kappa shape index (κ2) is 9.60. The summed E-state index contributed by atoms with van der Waals surface area (Å²) in [6, 6.07) is 6.45. The highest BCUT2D eigenvalue weighted by atomic mass is 32.2. The lowest BCUT2D eigenvalue weighted by atomic mass is 9.96. The van der Waals surface area contributed by atoms with Gasteiger partial charge in [-0.25, -0.2) is 4.98 Å². The summed E-state index contributed by atoms with van der Waals surface area (Å²) in [4.78, 5) is 26.1. The van der Waals surface area contributed by atoms with E-state index in [1.807, 2.05) is 0 Å². The molecule has 1 amide bonds. The summed E-state index contributed by atoms with van der Waals surface area (Å²) < 4.78 is 5.32. The molecule has 1 aliphatic rings. The van der Waals surface area contributed by atoms with Crippen LogP contribution >= 0.6 is 23.1 Å². The molecule has 5 rings (SSSR count). The topological polar surface area (TPSA) is 120 Å². The molecule has 10 heteroatoms. The van der Waals surface area contributed by atoms with Crippen LogP contribution in [0.25, 0.3) is 11.0 Å². The number of H-pyrrole nitrogens is 1. The molecule has 0 bridgehead atoms. The Balaban J connectivity index is 1.15. The molecule has 1 aromatic carbocycles. The molecule has 0 radical (unpaired) electrons. The van der Waals surface area contributed by atoms with Crippen molar-refractivity contribution >= 4 is 45.0 Å². The Morgan fingerprint density at radius 3 is 2.94 bits per heavy atom. The Hall–Kier alpha value is -3.16. The van der Waals surface area contributed by atoms with Gasteiger partial charge in [0.25, 0.3) is 0 Å². The van der Waals surface area contributed by atoms with Crippen LogP contribution in [0, 0.1) is 25.2 Å². The zero-order chi connectivity index (χ0) is 23.7. The van der Waals surface area contributed by atoms with E-state index in [1.54, 1.807) is 0 Å². The summed E-state index contributed by atoms with van der Waals surface area (Å²) in [7, 11) is 0. The highest BCUT2D eigenvalue weighted by Gasteiger charge is 2.22. The summed E-state index contributed by atoms with van der Waals surface area (Å²) in [6.07, 6.45) is 4.70. The van der Waals surface area contributed by atoms with Crippen LogP contribution in [0.2, 0.25) is 0 Å². The van der Waals surface area contributed by atoms with Crippen molar-refractivity contribution < 1.29 is 9.32 Å². The number of fused-ring (bicyclic) bond motifs is 2.